The van der Waals surface area contributed by atoms with E-state index in [0.717, 1.165) is 0 Å². The molecule has 0 spiro atoms. The average Bonchev–Trinajstić information content (AvgIpc) is 2.43. The lowest BCUT2D eigenvalue weighted by molar-refractivity contribution is -0.386. The van der Waals surface area contributed by atoms with Gasteiger partial charge in [0.1, 0.15) is 5.69 Å². The largest absolute Gasteiger partial charge is 0.383 e. The van der Waals surface area contributed by atoms with E-state index in [9.17, 15) is 18.5 Å². The van der Waals surface area contributed by atoms with Gasteiger partial charge in [0.25, 0.3) is 0 Å². The topological polar surface area (TPSA) is 101 Å². The number of nitro groups is 1. The van der Waals surface area contributed by atoms with Gasteiger partial charge >= 0.3 is 5.69 Å². The second kappa shape index (κ2) is 6.91. The van der Waals surface area contributed by atoms with E-state index >= 15 is 0 Å². The third-order valence-corrected chi connectivity index (χ3v) is 5.13. The van der Waals surface area contributed by atoms with Crippen molar-refractivity contribution in [2.75, 3.05) is 25.2 Å². The number of nitrogens with one attached hydrogen (secondary N) is 2. The second-order valence-electron chi connectivity index (χ2n) is 4.06. The lowest BCUT2D eigenvalue weighted by atomic mass is 10.3. The maximum atomic E-state index is 12.2. The fraction of sp³-hybridized carbons (Fsp3) is 0.455. The predicted octanol–water partition coefficient (Wildman–Crippen LogP) is 1.67. The maximum Gasteiger partial charge on any atom is 0.312 e. The molecule has 0 heterocycles. The van der Waals surface area contributed by atoms with Crippen molar-refractivity contribution in [3.63, 3.8) is 0 Å². The second-order valence-corrected chi connectivity index (χ2v) is 7.07. The molecule has 0 aliphatic heterocycles. The van der Waals surface area contributed by atoms with E-state index in [-0.39, 0.29) is 22.4 Å². The molecule has 7 nitrogen and oxygen atoms in total. The first kappa shape index (κ1) is 16.7. The van der Waals surface area contributed by atoms with E-state index in [2.05, 4.69) is 10.0 Å². The molecule has 0 aromatic heterocycles. The Morgan fingerprint density at radius 2 is 2.10 bits per heavy atom. The van der Waals surface area contributed by atoms with Crippen molar-refractivity contribution in [2.45, 2.75) is 17.1 Å². The van der Waals surface area contributed by atoms with Crippen molar-refractivity contribution in [3.8, 4) is 0 Å². The van der Waals surface area contributed by atoms with Gasteiger partial charge in [-0.05, 0) is 18.4 Å². The summed E-state index contributed by atoms with van der Waals surface area (Å²) in [6, 6.07) is 4.15. The first-order valence-corrected chi connectivity index (χ1v) is 8.58. The van der Waals surface area contributed by atoms with Crippen LogP contribution in [0.2, 0.25) is 0 Å². The quantitative estimate of drug-likeness (QED) is 0.585. The van der Waals surface area contributed by atoms with Crippen LogP contribution in [0, 0.1) is 10.1 Å². The molecule has 0 aliphatic carbocycles. The third-order valence-electron chi connectivity index (χ3n) is 2.70. The Labute approximate surface area is 122 Å². The summed E-state index contributed by atoms with van der Waals surface area (Å²) in [7, 11) is -2.42. The molecule has 9 heteroatoms. The van der Waals surface area contributed by atoms with Gasteiger partial charge in [-0.1, -0.05) is 13.0 Å². The molecule has 0 saturated carbocycles. The van der Waals surface area contributed by atoms with Gasteiger partial charge in [-0.3, -0.25) is 10.1 Å². The molecule has 2 N–H and O–H groups in total. The van der Waals surface area contributed by atoms with E-state index in [0.29, 0.717) is 0 Å². The number of sulfonamides is 1. The summed E-state index contributed by atoms with van der Waals surface area (Å²) in [5, 5.41) is 13.8. The Morgan fingerprint density at radius 3 is 2.60 bits per heavy atom. The molecule has 0 bridgehead atoms. The van der Waals surface area contributed by atoms with Gasteiger partial charge in [0.05, 0.1) is 4.92 Å². The summed E-state index contributed by atoms with van der Waals surface area (Å²) >= 11 is 1.51. The molecular formula is C11H17N3O4S2. The van der Waals surface area contributed by atoms with Crippen LogP contribution in [0.4, 0.5) is 11.4 Å². The van der Waals surface area contributed by atoms with Crippen molar-refractivity contribution in [1.29, 1.82) is 0 Å². The number of hydrogen-bond acceptors (Lipinski definition) is 6. The molecule has 0 aliphatic rings. The number of nitro benzene ring substituents is 1. The molecule has 0 fully saturated rings. The zero-order chi connectivity index (χ0) is 15.3. The van der Waals surface area contributed by atoms with Crippen LogP contribution in [-0.2, 0) is 10.0 Å². The zero-order valence-corrected chi connectivity index (χ0v) is 13.0. The van der Waals surface area contributed by atoms with Gasteiger partial charge in [-0.2, -0.15) is 11.8 Å². The Balaban J connectivity index is 3.21. The molecule has 20 heavy (non-hydrogen) atoms. The molecule has 0 radical (unpaired) electrons. The summed E-state index contributed by atoms with van der Waals surface area (Å²) < 4.78 is 26.8. The lowest BCUT2D eigenvalue weighted by Crippen LogP contribution is -2.30. The van der Waals surface area contributed by atoms with Crippen LogP contribution in [0.25, 0.3) is 0 Å². The molecule has 1 unspecified atom stereocenters. The minimum Gasteiger partial charge on any atom is -0.383 e. The highest BCUT2D eigenvalue weighted by Crippen LogP contribution is 2.31. The standard InChI is InChI=1S/C11H17N3O4S2/c1-8(19-3)7-13-20(17,18)10-6-4-5-9(12-2)11(10)14(15)16/h4-6,8,12-13H,7H2,1-3H3. The van der Waals surface area contributed by atoms with Crippen LogP contribution in [-0.4, -0.2) is 38.4 Å². The van der Waals surface area contributed by atoms with Gasteiger partial charge in [-0.15, -0.1) is 0 Å². The normalized spacial score (nSPS) is 12.9. The SMILES string of the molecule is CNc1cccc(S(=O)(=O)NCC(C)SC)c1[N+](=O)[O-]. The number of nitrogens with zero attached hydrogens (tertiary/aromatic N) is 1. The van der Waals surface area contributed by atoms with Crippen molar-refractivity contribution < 1.29 is 13.3 Å². The van der Waals surface area contributed by atoms with Crippen LogP contribution < -0.4 is 10.0 Å². The summed E-state index contributed by atoms with van der Waals surface area (Å²) in [5.74, 6) is 0. The van der Waals surface area contributed by atoms with Crippen LogP contribution in [0.3, 0.4) is 0 Å². The molecule has 1 aromatic carbocycles. The molecule has 0 amide bonds. The average molecular weight is 319 g/mol. The van der Waals surface area contributed by atoms with E-state index in [1.807, 2.05) is 13.2 Å². The summed E-state index contributed by atoms with van der Waals surface area (Å²) in [6.07, 6.45) is 1.86. The van der Waals surface area contributed by atoms with Crippen molar-refractivity contribution in [1.82, 2.24) is 4.72 Å². The van der Waals surface area contributed by atoms with E-state index in [1.54, 1.807) is 0 Å². The minimum atomic E-state index is -3.92. The lowest BCUT2D eigenvalue weighted by Gasteiger charge is -2.12. The number of anilines is 1. The van der Waals surface area contributed by atoms with Crippen LogP contribution in [0.15, 0.2) is 23.1 Å². The maximum absolute atomic E-state index is 12.2. The van der Waals surface area contributed by atoms with E-state index in [1.165, 1.54) is 37.0 Å². The highest BCUT2D eigenvalue weighted by molar-refractivity contribution is 7.99. The summed E-state index contributed by atoms with van der Waals surface area (Å²) in [6.45, 7) is 2.08. The number of hydrogen-bond donors (Lipinski definition) is 2. The van der Waals surface area contributed by atoms with Crippen molar-refractivity contribution in [3.05, 3.63) is 28.3 Å². The van der Waals surface area contributed by atoms with E-state index in [4.69, 9.17) is 0 Å². The first-order chi connectivity index (χ1) is 9.33. The van der Waals surface area contributed by atoms with Gasteiger partial charge in [0, 0.05) is 18.8 Å². The van der Waals surface area contributed by atoms with Crippen LogP contribution in [0.1, 0.15) is 6.92 Å². The molecule has 1 aromatic rings. The summed E-state index contributed by atoms with van der Waals surface area (Å²) in [5.41, 5.74) is -0.282. The Morgan fingerprint density at radius 1 is 1.45 bits per heavy atom. The van der Waals surface area contributed by atoms with Gasteiger partial charge in [-0.25, -0.2) is 13.1 Å². The molecule has 1 atom stereocenters. The smallest absolute Gasteiger partial charge is 0.312 e. The molecule has 1 rings (SSSR count). The number of para-hydroxylation sites is 1. The minimum absolute atomic E-state index is 0.0799. The van der Waals surface area contributed by atoms with Gasteiger partial charge in [0.15, 0.2) is 4.90 Å². The first-order valence-electron chi connectivity index (χ1n) is 5.81. The van der Waals surface area contributed by atoms with Gasteiger partial charge in [0.2, 0.25) is 10.0 Å². The predicted molar refractivity (Wildman–Crippen MR) is 80.8 cm³/mol. The number of rotatable bonds is 7. The van der Waals surface area contributed by atoms with Crippen molar-refractivity contribution >= 4 is 33.2 Å². The Kier molecular flexibility index (Phi) is 5.78. The van der Waals surface area contributed by atoms with E-state index < -0.39 is 20.6 Å². The van der Waals surface area contributed by atoms with Gasteiger partial charge < -0.3 is 5.32 Å². The molecular weight excluding hydrogens is 302 g/mol. The fourth-order valence-electron chi connectivity index (χ4n) is 1.52. The Hall–Kier alpha value is -1.32. The Bertz CT molecular complexity index is 589. The van der Waals surface area contributed by atoms with Crippen molar-refractivity contribution in [2.24, 2.45) is 0 Å². The summed E-state index contributed by atoms with van der Waals surface area (Å²) in [4.78, 5) is 10.1. The van der Waals surface area contributed by atoms with Crippen LogP contribution in [0.5, 0.6) is 0 Å². The number of thioether (sulfide) groups is 1. The molecule has 112 valence electrons. The highest BCUT2D eigenvalue weighted by atomic mass is 32.2. The monoisotopic (exact) mass is 319 g/mol. The number of benzene rings is 1. The highest BCUT2D eigenvalue weighted by Gasteiger charge is 2.28. The zero-order valence-electron chi connectivity index (χ0n) is 11.4. The fourth-order valence-corrected chi connectivity index (χ4v) is 3.19. The third kappa shape index (κ3) is 3.84. The molecule has 0 saturated heterocycles. The van der Waals surface area contributed by atoms with Crippen LogP contribution >= 0.6 is 11.8 Å².